The highest BCUT2D eigenvalue weighted by molar-refractivity contribution is 7.92. The van der Waals surface area contributed by atoms with Gasteiger partial charge in [-0.15, -0.1) is 0 Å². The van der Waals surface area contributed by atoms with Gasteiger partial charge in [0.05, 0.1) is 22.7 Å². The molecule has 11 heteroatoms. The number of fused-ring (bicyclic) bond motifs is 1. The van der Waals surface area contributed by atoms with Gasteiger partial charge in [-0.05, 0) is 49.4 Å². The lowest BCUT2D eigenvalue weighted by molar-refractivity contribution is 0.0519. The molecule has 0 saturated heterocycles. The van der Waals surface area contributed by atoms with Gasteiger partial charge in [-0.2, -0.15) is 5.10 Å². The van der Waals surface area contributed by atoms with Crippen LogP contribution in [0.1, 0.15) is 17.4 Å². The van der Waals surface area contributed by atoms with E-state index in [2.05, 4.69) is 14.8 Å². The van der Waals surface area contributed by atoms with Crippen LogP contribution in [0.3, 0.4) is 0 Å². The number of sulfonamides is 1. The van der Waals surface area contributed by atoms with Crippen LogP contribution in [0.15, 0.2) is 68.8 Å². The molecule has 4 aromatic rings. The molecule has 0 aliphatic carbocycles. The molecule has 0 aliphatic rings. The summed E-state index contributed by atoms with van der Waals surface area (Å²) in [4.78, 5) is 25.4. The Morgan fingerprint density at radius 1 is 1.20 bits per heavy atom. The quantitative estimate of drug-likeness (QED) is 0.450. The zero-order valence-electron chi connectivity index (χ0n) is 15.7. The fourth-order valence-electron chi connectivity index (χ4n) is 2.77. The number of hydrogen-bond donors (Lipinski definition) is 2. The molecule has 0 saturated carbocycles. The van der Waals surface area contributed by atoms with Gasteiger partial charge in [0.1, 0.15) is 0 Å². The first-order valence-electron chi connectivity index (χ1n) is 8.84. The molecule has 2 aromatic heterocycles. The first-order valence-corrected chi connectivity index (χ1v) is 10.3. The lowest BCUT2D eigenvalue weighted by Gasteiger charge is -2.09. The minimum atomic E-state index is -3.90. The number of oxazole rings is 1. The number of carbonyl (C=O) groups excluding carboxylic acids is 1. The van der Waals surface area contributed by atoms with Crippen LogP contribution in [-0.4, -0.2) is 35.8 Å². The minimum Gasteiger partial charge on any atom is -0.461 e. The molecular formula is C19H16N4O6S. The molecule has 0 fully saturated rings. The Morgan fingerprint density at radius 3 is 2.70 bits per heavy atom. The maximum atomic E-state index is 12.6. The number of ether oxygens (including phenoxy) is 1. The van der Waals surface area contributed by atoms with Crippen molar-refractivity contribution in [3.05, 3.63) is 71.0 Å². The maximum absolute atomic E-state index is 12.6. The van der Waals surface area contributed by atoms with Crippen LogP contribution < -0.4 is 10.5 Å². The fraction of sp³-hybridized carbons (Fsp3) is 0.105. The molecule has 2 N–H and O–H groups in total. The second kappa shape index (κ2) is 7.52. The van der Waals surface area contributed by atoms with Gasteiger partial charge in [0, 0.05) is 18.0 Å². The fourth-order valence-corrected chi connectivity index (χ4v) is 3.84. The third kappa shape index (κ3) is 3.82. The van der Waals surface area contributed by atoms with Gasteiger partial charge in [0.15, 0.2) is 11.3 Å². The normalized spacial score (nSPS) is 11.5. The van der Waals surface area contributed by atoms with Crippen LogP contribution in [0.25, 0.3) is 16.8 Å². The van der Waals surface area contributed by atoms with Crippen molar-refractivity contribution >= 4 is 32.8 Å². The molecule has 0 radical (unpaired) electrons. The SMILES string of the molecule is CCOC(=O)c1ccn(-c2ccc(NS(=O)(=O)c3ccc4[nH]c(=O)oc4c3)cc2)n1. The van der Waals surface area contributed by atoms with E-state index in [1.54, 1.807) is 37.4 Å². The standard InChI is InChI=1S/C19H16N4O6S/c1-2-28-18(24)16-9-10-23(21-16)13-5-3-12(4-6-13)22-30(26,27)14-7-8-15-17(11-14)29-19(25)20-15/h3-11,22H,2H2,1H3,(H,20,25). The first kappa shape index (κ1) is 19.5. The van der Waals surface area contributed by atoms with Crippen molar-refractivity contribution in [3.63, 3.8) is 0 Å². The number of esters is 1. The Balaban J connectivity index is 1.53. The number of benzene rings is 2. The highest BCUT2D eigenvalue weighted by atomic mass is 32.2. The summed E-state index contributed by atoms with van der Waals surface area (Å²) >= 11 is 0. The summed E-state index contributed by atoms with van der Waals surface area (Å²) in [6.45, 7) is 1.96. The van der Waals surface area contributed by atoms with Crippen molar-refractivity contribution in [3.8, 4) is 5.69 Å². The summed E-state index contributed by atoms with van der Waals surface area (Å²) in [5.41, 5.74) is 1.68. The number of rotatable bonds is 6. The lowest BCUT2D eigenvalue weighted by atomic mass is 10.3. The average molecular weight is 428 g/mol. The minimum absolute atomic E-state index is 0.0482. The predicted octanol–water partition coefficient (Wildman–Crippen LogP) is 2.28. The van der Waals surface area contributed by atoms with Gasteiger partial charge in [-0.1, -0.05) is 0 Å². The number of anilines is 1. The number of nitrogens with zero attached hydrogens (tertiary/aromatic N) is 2. The summed E-state index contributed by atoms with van der Waals surface area (Å²) in [5.74, 6) is -1.18. The van der Waals surface area contributed by atoms with Crippen LogP contribution in [0.5, 0.6) is 0 Å². The Hall–Kier alpha value is -3.86. The van der Waals surface area contributed by atoms with Crippen LogP contribution in [-0.2, 0) is 14.8 Å². The first-order chi connectivity index (χ1) is 14.4. The number of hydrogen-bond acceptors (Lipinski definition) is 7. The number of nitrogens with one attached hydrogen (secondary N) is 2. The van der Waals surface area contributed by atoms with E-state index >= 15 is 0 Å². The van der Waals surface area contributed by atoms with E-state index in [1.165, 1.54) is 28.9 Å². The summed E-state index contributed by atoms with van der Waals surface area (Å²) < 4.78 is 39.0. The zero-order valence-corrected chi connectivity index (χ0v) is 16.5. The van der Waals surface area contributed by atoms with Crippen molar-refractivity contribution in [2.45, 2.75) is 11.8 Å². The monoisotopic (exact) mass is 428 g/mol. The van der Waals surface area contributed by atoms with E-state index in [-0.39, 0.29) is 22.8 Å². The molecule has 2 aromatic carbocycles. The van der Waals surface area contributed by atoms with Crippen LogP contribution in [0, 0.1) is 0 Å². The average Bonchev–Trinajstić information content (AvgIpc) is 3.34. The summed E-state index contributed by atoms with van der Waals surface area (Å²) in [6.07, 6.45) is 1.60. The van der Waals surface area contributed by atoms with E-state index in [0.717, 1.165) is 0 Å². The largest absolute Gasteiger partial charge is 0.461 e. The Bertz CT molecular complexity index is 1380. The van der Waals surface area contributed by atoms with Gasteiger partial charge in [0.25, 0.3) is 10.0 Å². The third-order valence-corrected chi connectivity index (χ3v) is 5.54. The molecule has 2 heterocycles. The molecule has 154 valence electrons. The maximum Gasteiger partial charge on any atom is 0.417 e. The predicted molar refractivity (Wildman–Crippen MR) is 107 cm³/mol. The molecule has 4 rings (SSSR count). The second-order valence-corrected chi connectivity index (χ2v) is 7.87. The van der Waals surface area contributed by atoms with Crippen molar-refractivity contribution in [2.75, 3.05) is 11.3 Å². The number of H-pyrrole nitrogens is 1. The van der Waals surface area contributed by atoms with Gasteiger partial charge < -0.3 is 9.15 Å². The van der Waals surface area contributed by atoms with Crippen LogP contribution >= 0.6 is 0 Å². The third-order valence-electron chi connectivity index (χ3n) is 4.16. The van der Waals surface area contributed by atoms with Crippen molar-refractivity contribution < 1.29 is 22.4 Å². The molecule has 0 atom stereocenters. The van der Waals surface area contributed by atoms with Crippen molar-refractivity contribution in [1.29, 1.82) is 0 Å². The number of carbonyl (C=O) groups is 1. The van der Waals surface area contributed by atoms with E-state index in [1.807, 2.05) is 0 Å². The van der Waals surface area contributed by atoms with Gasteiger partial charge in [-0.3, -0.25) is 9.71 Å². The highest BCUT2D eigenvalue weighted by Gasteiger charge is 2.16. The summed E-state index contributed by atoms with van der Waals surface area (Å²) in [5, 5.41) is 4.15. The molecule has 10 nitrogen and oxygen atoms in total. The van der Waals surface area contributed by atoms with Crippen molar-refractivity contribution in [2.24, 2.45) is 0 Å². The summed E-state index contributed by atoms with van der Waals surface area (Å²) in [7, 11) is -3.90. The Labute approximate surface area is 170 Å². The van der Waals surface area contributed by atoms with Crippen LogP contribution in [0.2, 0.25) is 0 Å². The van der Waals surface area contributed by atoms with Gasteiger partial charge in [0.2, 0.25) is 0 Å². The molecular weight excluding hydrogens is 412 g/mol. The van der Waals surface area contributed by atoms with E-state index in [0.29, 0.717) is 16.9 Å². The van der Waals surface area contributed by atoms with Crippen molar-refractivity contribution in [1.82, 2.24) is 14.8 Å². The van der Waals surface area contributed by atoms with E-state index < -0.39 is 21.7 Å². The molecule has 0 amide bonds. The van der Waals surface area contributed by atoms with E-state index in [9.17, 15) is 18.0 Å². The second-order valence-electron chi connectivity index (χ2n) is 6.19. The zero-order chi connectivity index (χ0) is 21.3. The Morgan fingerprint density at radius 2 is 1.97 bits per heavy atom. The number of aromatic nitrogens is 3. The lowest BCUT2D eigenvalue weighted by Crippen LogP contribution is -2.13. The molecule has 0 bridgehead atoms. The molecule has 0 unspecified atom stereocenters. The van der Waals surface area contributed by atoms with Crippen LogP contribution in [0.4, 0.5) is 5.69 Å². The van der Waals surface area contributed by atoms with Gasteiger partial charge in [-0.25, -0.2) is 22.7 Å². The molecule has 0 spiro atoms. The van der Waals surface area contributed by atoms with E-state index in [4.69, 9.17) is 9.15 Å². The smallest absolute Gasteiger partial charge is 0.417 e. The topological polar surface area (TPSA) is 136 Å². The highest BCUT2D eigenvalue weighted by Crippen LogP contribution is 2.21. The van der Waals surface area contributed by atoms with Gasteiger partial charge >= 0.3 is 11.7 Å². The molecule has 0 aliphatic heterocycles. The summed E-state index contributed by atoms with van der Waals surface area (Å²) in [6, 6.07) is 12.0. The Kier molecular flexibility index (Phi) is 4.88. The molecule has 30 heavy (non-hydrogen) atoms. The number of aromatic amines is 1.